The van der Waals surface area contributed by atoms with Gasteiger partial charge in [0.1, 0.15) is 0 Å². The van der Waals surface area contributed by atoms with Crippen LogP contribution in [0.15, 0.2) is 0 Å². The molecular formula is C13H29NS. The molecule has 2 heteroatoms. The molecule has 0 radical (unpaired) electrons. The molecule has 0 aliphatic heterocycles. The molecule has 0 fully saturated rings. The van der Waals surface area contributed by atoms with Crippen molar-refractivity contribution in [3.63, 3.8) is 0 Å². The van der Waals surface area contributed by atoms with Crippen molar-refractivity contribution >= 4 is 11.8 Å². The zero-order valence-electron chi connectivity index (χ0n) is 11.2. The molecule has 15 heavy (non-hydrogen) atoms. The van der Waals surface area contributed by atoms with Crippen molar-refractivity contribution in [2.75, 3.05) is 18.6 Å². The van der Waals surface area contributed by atoms with E-state index in [0.29, 0.717) is 5.41 Å². The van der Waals surface area contributed by atoms with Crippen LogP contribution in [0.5, 0.6) is 0 Å². The van der Waals surface area contributed by atoms with Crippen LogP contribution in [-0.2, 0) is 0 Å². The van der Waals surface area contributed by atoms with E-state index in [1.165, 1.54) is 38.0 Å². The van der Waals surface area contributed by atoms with E-state index >= 15 is 0 Å². The maximum absolute atomic E-state index is 3.66. The Kier molecular flexibility index (Phi) is 8.64. The standard InChI is InChI=1S/C13H29NS/c1-6-10-14-12(8-11-15-5)7-9-13(2,3)4/h12,14H,6-11H2,1-5H3. The van der Waals surface area contributed by atoms with Gasteiger partial charge in [0.25, 0.3) is 0 Å². The number of thioether (sulfide) groups is 1. The van der Waals surface area contributed by atoms with Crippen molar-refractivity contribution in [1.29, 1.82) is 0 Å². The topological polar surface area (TPSA) is 12.0 Å². The molecule has 0 amide bonds. The average Bonchev–Trinajstić information content (AvgIpc) is 2.15. The summed E-state index contributed by atoms with van der Waals surface area (Å²) in [5.41, 5.74) is 0.478. The van der Waals surface area contributed by atoms with Crippen LogP contribution in [0, 0.1) is 5.41 Å². The third-order valence-electron chi connectivity index (χ3n) is 2.60. The lowest BCUT2D eigenvalue weighted by Crippen LogP contribution is -2.31. The van der Waals surface area contributed by atoms with E-state index in [4.69, 9.17) is 0 Å². The number of nitrogens with one attached hydrogen (secondary N) is 1. The summed E-state index contributed by atoms with van der Waals surface area (Å²) in [6, 6.07) is 0.733. The number of hydrogen-bond acceptors (Lipinski definition) is 2. The van der Waals surface area contributed by atoms with Gasteiger partial charge < -0.3 is 5.32 Å². The summed E-state index contributed by atoms with van der Waals surface area (Å²) in [7, 11) is 0. The summed E-state index contributed by atoms with van der Waals surface area (Å²) >= 11 is 1.96. The van der Waals surface area contributed by atoms with Gasteiger partial charge in [-0.3, -0.25) is 0 Å². The molecule has 92 valence electrons. The van der Waals surface area contributed by atoms with Gasteiger partial charge in [0.05, 0.1) is 0 Å². The normalized spacial score (nSPS) is 14.2. The molecule has 0 aromatic rings. The third-order valence-corrected chi connectivity index (χ3v) is 3.24. The molecule has 0 aliphatic rings. The molecule has 0 spiro atoms. The lowest BCUT2D eigenvalue weighted by molar-refractivity contribution is 0.327. The van der Waals surface area contributed by atoms with E-state index < -0.39 is 0 Å². The fourth-order valence-corrected chi connectivity index (χ4v) is 2.08. The summed E-state index contributed by atoms with van der Waals surface area (Å²) in [6.45, 7) is 10.4. The Bertz CT molecular complexity index is 132. The van der Waals surface area contributed by atoms with Gasteiger partial charge in [0, 0.05) is 6.04 Å². The molecule has 1 N–H and O–H groups in total. The molecule has 0 bridgehead atoms. The summed E-state index contributed by atoms with van der Waals surface area (Å²) in [5, 5.41) is 3.66. The lowest BCUT2D eigenvalue weighted by Gasteiger charge is -2.24. The van der Waals surface area contributed by atoms with Crippen LogP contribution >= 0.6 is 11.8 Å². The predicted octanol–water partition coefficient (Wildman–Crippen LogP) is 3.93. The first-order valence-electron chi connectivity index (χ1n) is 6.22. The van der Waals surface area contributed by atoms with Crippen LogP contribution in [0.1, 0.15) is 53.4 Å². The van der Waals surface area contributed by atoms with Crippen molar-refractivity contribution in [2.45, 2.75) is 59.4 Å². The summed E-state index contributed by atoms with van der Waals surface area (Å²) in [5.74, 6) is 1.28. The van der Waals surface area contributed by atoms with Crippen LogP contribution in [0.3, 0.4) is 0 Å². The summed E-state index contributed by atoms with van der Waals surface area (Å²) < 4.78 is 0. The van der Waals surface area contributed by atoms with Gasteiger partial charge in [-0.2, -0.15) is 11.8 Å². The van der Waals surface area contributed by atoms with Crippen molar-refractivity contribution < 1.29 is 0 Å². The maximum atomic E-state index is 3.66. The van der Waals surface area contributed by atoms with E-state index in [-0.39, 0.29) is 0 Å². The van der Waals surface area contributed by atoms with E-state index in [0.717, 1.165) is 6.04 Å². The van der Waals surface area contributed by atoms with Crippen molar-refractivity contribution in [1.82, 2.24) is 5.32 Å². The zero-order valence-corrected chi connectivity index (χ0v) is 12.0. The Hall–Kier alpha value is 0.310. The van der Waals surface area contributed by atoms with Gasteiger partial charge in [-0.1, -0.05) is 27.7 Å². The monoisotopic (exact) mass is 231 g/mol. The highest BCUT2D eigenvalue weighted by atomic mass is 32.2. The molecule has 0 aromatic carbocycles. The Morgan fingerprint density at radius 2 is 1.87 bits per heavy atom. The van der Waals surface area contributed by atoms with Crippen LogP contribution in [-0.4, -0.2) is 24.6 Å². The first-order valence-corrected chi connectivity index (χ1v) is 7.61. The lowest BCUT2D eigenvalue weighted by atomic mass is 9.88. The van der Waals surface area contributed by atoms with E-state index in [1.54, 1.807) is 0 Å². The second-order valence-corrected chi connectivity index (χ2v) is 6.52. The molecule has 0 saturated heterocycles. The minimum absolute atomic E-state index is 0.478. The molecule has 0 rings (SSSR count). The molecule has 0 saturated carbocycles. The van der Waals surface area contributed by atoms with Crippen LogP contribution in [0.25, 0.3) is 0 Å². The molecule has 0 aliphatic carbocycles. The first-order chi connectivity index (χ1) is 6.99. The molecule has 1 atom stereocenters. The van der Waals surface area contributed by atoms with Gasteiger partial charge >= 0.3 is 0 Å². The minimum Gasteiger partial charge on any atom is -0.314 e. The SMILES string of the molecule is CCCNC(CCSC)CCC(C)(C)C. The number of rotatable bonds is 8. The van der Waals surface area contributed by atoms with Crippen molar-refractivity contribution in [3.8, 4) is 0 Å². The molecule has 1 unspecified atom stereocenters. The Labute approximate surface area is 101 Å². The van der Waals surface area contributed by atoms with Crippen molar-refractivity contribution in [3.05, 3.63) is 0 Å². The molecular weight excluding hydrogens is 202 g/mol. The smallest absolute Gasteiger partial charge is 0.00751 e. The fraction of sp³-hybridized carbons (Fsp3) is 1.00. The summed E-state index contributed by atoms with van der Waals surface area (Å²) in [6.07, 6.45) is 7.40. The largest absolute Gasteiger partial charge is 0.314 e. The van der Waals surface area contributed by atoms with E-state index in [2.05, 4.69) is 39.3 Å². The van der Waals surface area contributed by atoms with Crippen LogP contribution < -0.4 is 5.32 Å². The Morgan fingerprint density at radius 3 is 2.33 bits per heavy atom. The Balaban J connectivity index is 3.78. The van der Waals surface area contributed by atoms with Crippen LogP contribution in [0.2, 0.25) is 0 Å². The molecule has 0 heterocycles. The second kappa shape index (κ2) is 8.46. The third kappa shape index (κ3) is 10.6. The second-order valence-electron chi connectivity index (χ2n) is 5.53. The highest BCUT2D eigenvalue weighted by molar-refractivity contribution is 7.98. The van der Waals surface area contributed by atoms with Gasteiger partial charge in [-0.25, -0.2) is 0 Å². The first kappa shape index (κ1) is 15.3. The predicted molar refractivity (Wildman–Crippen MR) is 73.8 cm³/mol. The number of hydrogen-bond donors (Lipinski definition) is 1. The fourth-order valence-electron chi connectivity index (χ4n) is 1.56. The quantitative estimate of drug-likeness (QED) is 0.679. The zero-order chi connectivity index (χ0) is 11.7. The van der Waals surface area contributed by atoms with Gasteiger partial charge in [0.15, 0.2) is 0 Å². The molecule has 1 nitrogen and oxygen atoms in total. The highest BCUT2D eigenvalue weighted by Crippen LogP contribution is 2.22. The minimum atomic E-state index is 0.478. The molecule has 0 aromatic heterocycles. The van der Waals surface area contributed by atoms with Gasteiger partial charge in [-0.15, -0.1) is 0 Å². The van der Waals surface area contributed by atoms with Crippen LogP contribution in [0.4, 0.5) is 0 Å². The average molecular weight is 231 g/mol. The Morgan fingerprint density at radius 1 is 1.20 bits per heavy atom. The van der Waals surface area contributed by atoms with E-state index in [1.807, 2.05) is 11.8 Å². The summed E-state index contributed by atoms with van der Waals surface area (Å²) in [4.78, 5) is 0. The maximum Gasteiger partial charge on any atom is 0.00751 e. The van der Waals surface area contributed by atoms with Gasteiger partial charge in [0.2, 0.25) is 0 Å². The van der Waals surface area contributed by atoms with E-state index in [9.17, 15) is 0 Å². The van der Waals surface area contributed by atoms with Crippen molar-refractivity contribution in [2.24, 2.45) is 5.41 Å². The van der Waals surface area contributed by atoms with Gasteiger partial charge in [-0.05, 0) is 49.7 Å². The highest BCUT2D eigenvalue weighted by Gasteiger charge is 2.14.